The van der Waals surface area contributed by atoms with E-state index < -0.39 is 17.9 Å². The molecular weight excluding hydrogens is 247 g/mol. The number of hydrogen-bond acceptors (Lipinski definition) is 2. The van der Waals surface area contributed by atoms with E-state index in [1.165, 1.54) is 24.3 Å². The molecule has 1 aromatic carbocycles. The first kappa shape index (κ1) is 11.6. The van der Waals surface area contributed by atoms with Gasteiger partial charge in [-0.3, -0.25) is 0 Å². The summed E-state index contributed by atoms with van der Waals surface area (Å²) in [6.45, 7) is 0. The van der Waals surface area contributed by atoms with Gasteiger partial charge in [-0.2, -0.15) is 26.7 Å². The molecule has 0 aliphatic rings. The van der Waals surface area contributed by atoms with Crippen LogP contribution in [-0.4, -0.2) is 21.1 Å². The van der Waals surface area contributed by atoms with Crippen molar-refractivity contribution in [2.45, 2.75) is 12.1 Å². The number of halogens is 5. The third-order valence-corrected chi connectivity index (χ3v) is 2.17. The zero-order valence-corrected chi connectivity index (χ0v) is 8.04. The summed E-state index contributed by atoms with van der Waals surface area (Å²) >= 11 is 0. The lowest BCUT2D eigenvalue weighted by Crippen LogP contribution is -2.36. The molecule has 1 N–H and O–H groups in total. The van der Waals surface area contributed by atoms with Gasteiger partial charge in [-0.15, -0.1) is 0 Å². The Hall–Kier alpha value is -1.86. The van der Waals surface area contributed by atoms with Crippen molar-refractivity contribution in [1.82, 2.24) is 9.71 Å². The van der Waals surface area contributed by atoms with Crippen LogP contribution < -0.4 is 0 Å². The second-order valence-electron chi connectivity index (χ2n) is 3.31. The fourth-order valence-corrected chi connectivity index (χ4v) is 1.34. The van der Waals surface area contributed by atoms with Gasteiger partial charge in [0.15, 0.2) is 0 Å². The Morgan fingerprint density at radius 3 is 2.18 bits per heavy atom. The molecule has 0 spiro atoms. The highest BCUT2D eigenvalue weighted by Crippen LogP contribution is 2.43. The van der Waals surface area contributed by atoms with E-state index in [4.69, 9.17) is 0 Å². The topological polar surface area (TPSA) is 38.0 Å². The Morgan fingerprint density at radius 2 is 1.65 bits per heavy atom. The second-order valence-corrected chi connectivity index (χ2v) is 3.31. The van der Waals surface area contributed by atoms with Crippen LogP contribution in [0.4, 0.5) is 22.0 Å². The van der Waals surface area contributed by atoms with Gasteiger partial charge in [0.2, 0.25) is 5.82 Å². The Labute approximate surface area is 91.1 Å². The fourth-order valence-electron chi connectivity index (χ4n) is 1.34. The van der Waals surface area contributed by atoms with Gasteiger partial charge < -0.3 is 5.21 Å². The lowest BCUT2D eigenvalue weighted by atomic mass is 10.3. The third kappa shape index (κ3) is 1.60. The summed E-state index contributed by atoms with van der Waals surface area (Å²) in [5, 5.41) is 9.26. The summed E-state index contributed by atoms with van der Waals surface area (Å²) < 4.78 is 62.1. The lowest BCUT2D eigenvalue weighted by molar-refractivity contribution is -0.295. The van der Waals surface area contributed by atoms with E-state index in [0.29, 0.717) is 0 Å². The summed E-state index contributed by atoms with van der Waals surface area (Å²) in [7, 11) is 0. The highest BCUT2D eigenvalue weighted by molar-refractivity contribution is 5.75. The van der Waals surface area contributed by atoms with Crippen molar-refractivity contribution in [3.63, 3.8) is 0 Å². The molecule has 0 saturated carbocycles. The summed E-state index contributed by atoms with van der Waals surface area (Å²) in [6, 6.07) is 5.19. The van der Waals surface area contributed by atoms with Gasteiger partial charge in [-0.05, 0) is 12.1 Å². The molecule has 2 rings (SSSR count). The highest BCUT2D eigenvalue weighted by atomic mass is 19.4. The molecule has 0 aliphatic carbocycles. The molecule has 3 nitrogen and oxygen atoms in total. The summed E-state index contributed by atoms with van der Waals surface area (Å²) in [5.41, 5.74) is -0.361. The van der Waals surface area contributed by atoms with Crippen LogP contribution in [0.1, 0.15) is 5.82 Å². The van der Waals surface area contributed by atoms with Crippen molar-refractivity contribution in [3.05, 3.63) is 30.1 Å². The van der Waals surface area contributed by atoms with Crippen LogP contribution in [0.25, 0.3) is 11.0 Å². The van der Waals surface area contributed by atoms with E-state index in [2.05, 4.69) is 4.98 Å². The molecule has 0 saturated heterocycles. The molecule has 1 heterocycles. The van der Waals surface area contributed by atoms with Crippen molar-refractivity contribution < 1.29 is 27.2 Å². The molecule has 0 aliphatic heterocycles. The molecule has 1 aromatic heterocycles. The number of nitrogens with zero attached hydrogens (tertiary/aromatic N) is 2. The number of aromatic nitrogens is 2. The van der Waals surface area contributed by atoms with Crippen molar-refractivity contribution >= 4 is 11.0 Å². The maximum atomic E-state index is 13.0. The third-order valence-electron chi connectivity index (χ3n) is 2.17. The first-order valence-electron chi connectivity index (χ1n) is 4.37. The van der Waals surface area contributed by atoms with E-state index >= 15 is 0 Å². The van der Waals surface area contributed by atoms with Crippen LogP contribution in [0.15, 0.2) is 24.3 Å². The molecule has 2 aromatic rings. The van der Waals surface area contributed by atoms with Gasteiger partial charge in [0.25, 0.3) is 0 Å². The van der Waals surface area contributed by atoms with Crippen LogP contribution in [0.5, 0.6) is 0 Å². The van der Waals surface area contributed by atoms with Crippen LogP contribution in [0, 0.1) is 0 Å². The zero-order chi connectivity index (χ0) is 12.8. The number of hydrogen-bond donors (Lipinski definition) is 1. The Bertz CT molecular complexity index is 560. The number of alkyl halides is 5. The van der Waals surface area contributed by atoms with E-state index in [0.717, 1.165) is 0 Å². The summed E-state index contributed by atoms with van der Waals surface area (Å²) in [6.07, 6.45) is -5.81. The predicted octanol–water partition coefficient (Wildman–Crippen LogP) is 2.93. The second kappa shape index (κ2) is 3.31. The minimum absolute atomic E-state index is 0.145. The molecule has 0 unspecified atom stereocenters. The Morgan fingerprint density at radius 1 is 1.06 bits per heavy atom. The van der Waals surface area contributed by atoms with Crippen LogP contribution >= 0.6 is 0 Å². The number of fused-ring (bicyclic) bond motifs is 1. The van der Waals surface area contributed by atoms with Gasteiger partial charge in [-0.1, -0.05) is 12.1 Å². The fraction of sp³-hybridized carbons (Fsp3) is 0.222. The van der Waals surface area contributed by atoms with Crippen molar-refractivity contribution in [1.29, 1.82) is 0 Å². The molecule has 0 radical (unpaired) electrons. The SMILES string of the molecule is On1c(C(F)(F)C(F)(F)F)nc2ccccc21. The van der Waals surface area contributed by atoms with Gasteiger partial charge >= 0.3 is 12.1 Å². The normalized spacial score (nSPS) is 13.2. The van der Waals surface area contributed by atoms with Gasteiger partial charge in [0.05, 0.1) is 5.52 Å². The molecular formula is C9H5F5N2O. The lowest BCUT2D eigenvalue weighted by Gasteiger charge is -2.17. The van der Waals surface area contributed by atoms with Crippen LogP contribution in [0.3, 0.4) is 0 Å². The van der Waals surface area contributed by atoms with Crippen molar-refractivity contribution in [3.8, 4) is 0 Å². The van der Waals surface area contributed by atoms with Crippen molar-refractivity contribution in [2.75, 3.05) is 0 Å². The van der Waals surface area contributed by atoms with Gasteiger partial charge in [-0.25, -0.2) is 4.98 Å². The van der Waals surface area contributed by atoms with Crippen LogP contribution in [-0.2, 0) is 5.92 Å². The van der Waals surface area contributed by atoms with E-state index in [9.17, 15) is 27.2 Å². The molecule has 0 fully saturated rings. The van der Waals surface area contributed by atoms with E-state index in [1.54, 1.807) is 0 Å². The maximum absolute atomic E-state index is 13.0. The van der Waals surface area contributed by atoms with Crippen LogP contribution in [0.2, 0.25) is 0 Å². The predicted molar refractivity (Wildman–Crippen MR) is 46.9 cm³/mol. The monoisotopic (exact) mass is 252 g/mol. The van der Waals surface area contributed by atoms with E-state index in [1.807, 2.05) is 0 Å². The summed E-state index contributed by atoms with van der Waals surface area (Å²) in [5.74, 6) is -6.95. The number of imidazole rings is 1. The number of para-hydroxylation sites is 2. The van der Waals surface area contributed by atoms with Crippen molar-refractivity contribution in [2.24, 2.45) is 0 Å². The molecule has 8 heteroatoms. The number of benzene rings is 1. The maximum Gasteiger partial charge on any atom is 0.461 e. The molecule has 17 heavy (non-hydrogen) atoms. The quantitative estimate of drug-likeness (QED) is 0.626. The number of rotatable bonds is 1. The minimum atomic E-state index is -5.81. The average molecular weight is 252 g/mol. The average Bonchev–Trinajstić information content (AvgIpc) is 2.56. The van der Waals surface area contributed by atoms with E-state index in [-0.39, 0.29) is 15.8 Å². The smallest absolute Gasteiger partial charge is 0.426 e. The minimum Gasteiger partial charge on any atom is -0.426 e. The Kier molecular flexibility index (Phi) is 2.27. The molecule has 0 bridgehead atoms. The summed E-state index contributed by atoms with van der Waals surface area (Å²) in [4.78, 5) is 3.09. The molecule has 92 valence electrons. The standard InChI is InChI=1S/C9H5F5N2O/c10-8(11,9(12,13)14)7-15-5-3-1-2-4-6(5)16(7)17/h1-4,17H. The molecule has 0 atom stereocenters. The largest absolute Gasteiger partial charge is 0.461 e. The van der Waals surface area contributed by atoms with Gasteiger partial charge in [0, 0.05) is 0 Å². The Balaban J connectivity index is 2.68. The zero-order valence-electron chi connectivity index (χ0n) is 8.04. The first-order chi connectivity index (χ1) is 7.75. The highest BCUT2D eigenvalue weighted by Gasteiger charge is 2.62. The van der Waals surface area contributed by atoms with Gasteiger partial charge in [0.1, 0.15) is 5.52 Å². The molecule has 0 amide bonds. The first-order valence-corrected chi connectivity index (χ1v) is 4.37.